The Morgan fingerprint density at radius 3 is 1.38 bits per heavy atom. The zero-order chi connectivity index (χ0) is 23.4. The topological polar surface area (TPSA) is 133 Å². The highest BCUT2D eigenvalue weighted by Gasteiger charge is 2.20. The molecule has 32 heavy (non-hydrogen) atoms. The molecule has 0 fully saturated rings. The van der Waals surface area contributed by atoms with Gasteiger partial charge in [-0.15, -0.1) is 0 Å². The summed E-state index contributed by atoms with van der Waals surface area (Å²) < 4.78 is 41.9. The molecule has 0 aliphatic heterocycles. The lowest BCUT2D eigenvalue weighted by Gasteiger charge is -2.15. The first-order chi connectivity index (χ1) is 15.2. The maximum Gasteiger partial charge on any atom is 0.257 e. The van der Waals surface area contributed by atoms with Crippen molar-refractivity contribution in [2.45, 2.75) is 9.79 Å². The molecule has 4 N–H and O–H groups in total. The van der Waals surface area contributed by atoms with Crippen molar-refractivity contribution in [1.29, 1.82) is 0 Å². The van der Waals surface area contributed by atoms with Crippen molar-refractivity contribution in [1.82, 2.24) is 0 Å². The predicted molar refractivity (Wildman–Crippen MR) is 123 cm³/mol. The summed E-state index contributed by atoms with van der Waals surface area (Å²) >= 11 is 7.31. The summed E-state index contributed by atoms with van der Waals surface area (Å²) in [5.74, 6) is -1.46. The summed E-state index contributed by atoms with van der Waals surface area (Å²) in [6.07, 6.45) is 0. The molecule has 0 radical (unpaired) electrons. The second-order valence-corrected chi connectivity index (χ2v) is 8.90. The van der Waals surface area contributed by atoms with Crippen LogP contribution in [-0.2, 0) is 22.2 Å². The number of nitrogens with one attached hydrogen (secondary N) is 2. The van der Waals surface area contributed by atoms with E-state index in [1.807, 2.05) is 0 Å². The lowest BCUT2D eigenvalue weighted by molar-refractivity contribution is 0.101. The number of carbonyl (C=O) groups excluding carboxylic acids is 2. The molecule has 0 aromatic heterocycles. The van der Waals surface area contributed by atoms with E-state index in [1.54, 1.807) is 0 Å². The lowest BCUT2D eigenvalue weighted by Crippen LogP contribution is -2.19. The van der Waals surface area contributed by atoms with E-state index >= 15 is 0 Å². The standard InChI is InChI=1S/C20H14Cl2N2O6S2/c21-13-9-15(23-19(25)11-5-1-3-7-17(11)31(27)28)16(10-14(13)22)24-20(26)12-6-2-4-8-18(12)32(29)30/h1-10H,(H,23,25)(H,24,26)(H,27,28)(H,29,30). The van der Waals surface area contributed by atoms with E-state index in [0.717, 1.165) is 0 Å². The van der Waals surface area contributed by atoms with Gasteiger partial charge in [0.2, 0.25) is 0 Å². The Hall–Kier alpha value is -2.60. The smallest absolute Gasteiger partial charge is 0.257 e. The average molecular weight is 513 g/mol. The van der Waals surface area contributed by atoms with Gasteiger partial charge in [0, 0.05) is 0 Å². The molecule has 0 bridgehead atoms. The Bertz CT molecular complexity index is 1170. The molecular weight excluding hydrogens is 499 g/mol. The van der Waals surface area contributed by atoms with Crippen molar-refractivity contribution < 1.29 is 27.1 Å². The molecule has 0 aliphatic carbocycles. The highest BCUT2D eigenvalue weighted by Crippen LogP contribution is 2.33. The molecule has 0 heterocycles. The molecule has 0 saturated carbocycles. The number of halogens is 2. The van der Waals surface area contributed by atoms with Crippen molar-refractivity contribution in [2.24, 2.45) is 0 Å². The van der Waals surface area contributed by atoms with Crippen LogP contribution in [-0.4, -0.2) is 29.3 Å². The van der Waals surface area contributed by atoms with Gasteiger partial charge in [-0.3, -0.25) is 9.59 Å². The van der Waals surface area contributed by atoms with Gasteiger partial charge in [0.05, 0.1) is 42.3 Å². The maximum absolute atomic E-state index is 12.8. The zero-order valence-electron chi connectivity index (χ0n) is 15.9. The van der Waals surface area contributed by atoms with Crippen molar-refractivity contribution >= 4 is 68.6 Å². The van der Waals surface area contributed by atoms with Crippen LogP contribution in [0.15, 0.2) is 70.5 Å². The average Bonchev–Trinajstić information content (AvgIpc) is 2.76. The van der Waals surface area contributed by atoms with Crippen molar-refractivity contribution in [3.8, 4) is 0 Å². The summed E-state index contributed by atoms with van der Waals surface area (Å²) in [4.78, 5) is 25.3. The van der Waals surface area contributed by atoms with Crippen LogP contribution in [0.3, 0.4) is 0 Å². The van der Waals surface area contributed by atoms with Crippen LogP contribution in [0.1, 0.15) is 20.7 Å². The van der Waals surface area contributed by atoms with Crippen molar-refractivity contribution in [3.05, 3.63) is 81.8 Å². The molecule has 2 atom stereocenters. The van der Waals surface area contributed by atoms with Gasteiger partial charge in [-0.1, -0.05) is 47.5 Å². The van der Waals surface area contributed by atoms with Crippen LogP contribution in [0, 0.1) is 0 Å². The molecule has 3 aromatic rings. The lowest BCUT2D eigenvalue weighted by atomic mass is 10.1. The van der Waals surface area contributed by atoms with Crippen LogP contribution >= 0.6 is 23.2 Å². The summed E-state index contributed by atoms with van der Waals surface area (Å²) in [6, 6.07) is 14.0. The minimum atomic E-state index is -2.40. The van der Waals surface area contributed by atoms with Crippen molar-refractivity contribution in [2.75, 3.05) is 10.6 Å². The fraction of sp³-hybridized carbons (Fsp3) is 0. The monoisotopic (exact) mass is 512 g/mol. The van der Waals surface area contributed by atoms with Crippen LogP contribution in [0.2, 0.25) is 10.0 Å². The Morgan fingerprint density at radius 2 is 1.03 bits per heavy atom. The Kier molecular flexibility index (Phi) is 7.77. The molecule has 0 aliphatic rings. The third-order valence-electron chi connectivity index (χ3n) is 4.20. The highest BCUT2D eigenvalue weighted by atomic mass is 35.5. The fourth-order valence-electron chi connectivity index (χ4n) is 2.75. The number of hydrogen-bond acceptors (Lipinski definition) is 4. The molecule has 8 nitrogen and oxygen atoms in total. The van der Waals surface area contributed by atoms with Crippen LogP contribution < -0.4 is 10.6 Å². The summed E-state index contributed by atoms with van der Waals surface area (Å²) in [5, 5.41) is 5.22. The first kappa shape index (κ1) is 24.1. The van der Waals surface area contributed by atoms with Gasteiger partial charge < -0.3 is 19.7 Å². The van der Waals surface area contributed by atoms with E-state index in [-0.39, 0.29) is 42.3 Å². The minimum Gasteiger partial charge on any atom is -0.320 e. The largest absolute Gasteiger partial charge is 0.320 e. The van der Waals surface area contributed by atoms with Gasteiger partial charge in [-0.05, 0) is 36.4 Å². The fourth-order valence-corrected chi connectivity index (χ4v) is 4.16. The number of rotatable bonds is 6. The zero-order valence-corrected chi connectivity index (χ0v) is 19.0. The summed E-state index contributed by atoms with van der Waals surface area (Å²) in [7, 11) is 0. The van der Waals surface area contributed by atoms with Gasteiger partial charge >= 0.3 is 0 Å². The number of carbonyl (C=O) groups is 2. The van der Waals surface area contributed by atoms with Gasteiger partial charge in [-0.2, -0.15) is 0 Å². The summed E-state index contributed by atoms with van der Waals surface area (Å²) in [5.41, 5.74) is -0.00633. The predicted octanol–water partition coefficient (Wildman–Crippen LogP) is 4.66. The Labute approximate surface area is 197 Å². The molecule has 2 unspecified atom stereocenters. The SMILES string of the molecule is O=C(Nc1cc(Cl)c(Cl)cc1NC(=O)c1ccccc1S(=O)O)c1ccccc1S(=O)O. The first-order valence-electron chi connectivity index (χ1n) is 8.70. The van der Waals surface area contributed by atoms with Gasteiger partial charge in [0.15, 0.2) is 22.2 Å². The van der Waals surface area contributed by atoms with Gasteiger partial charge in [0.1, 0.15) is 0 Å². The van der Waals surface area contributed by atoms with Crippen LogP contribution in [0.5, 0.6) is 0 Å². The number of benzene rings is 3. The highest BCUT2D eigenvalue weighted by molar-refractivity contribution is 7.79. The second kappa shape index (κ2) is 10.3. The Balaban J connectivity index is 1.97. The van der Waals surface area contributed by atoms with Gasteiger partial charge in [-0.25, -0.2) is 8.42 Å². The van der Waals surface area contributed by atoms with E-state index in [1.165, 1.54) is 60.7 Å². The third kappa shape index (κ3) is 5.41. The van der Waals surface area contributed by atoms with Gasteiger partial charge in [0.25, 0.3) is 11.8 Å². The second-order valence-electron chi connectivity index (χ2n) is 6.21. The Morgan fingerprint density at radius 1 is 0.688 bits per heavy atom. The maximum atomic E-state index is 12.8. The van der Waals surface area contributed by atoms with Crippen LogP contribution in [0.4, 0.5) is 11.4 Å². The van der Waals surface area contributed by atoms with E-state index in [2.05, 4.69) is 10.6 Å². The number of hydrogen-bond donors (Lipinski definition) is 4. The normalized spacial score (nSPS) is 12.6. The van der Waals surface area contributed by atoms with Crippen molar-refractivity contribution in [3.63, 3.8) is 0 Å². The molecule has 3 rings (SSSR count). The van der Waals surface area contributed by atoms with Crippen LogP contribution in [0.25, 0.3) is 0 Å². The molecule has 2 amide bonds. The molecule has 0 saturated heterocycles. The molecule has 166 valence electrons. The number of amides is 2. The van der Waals surface area contributed by atoms with E-state index in [4.69, 9.17) is 23.2 Å². The van der Waals surface area contributed by atoms with E-state index in [9.17, 15) is 27.1 Å². The molecular formula is C20H14Cl2N2O6S2. The quantitative estimate of drug-likeness (QED) is 0.355. The third-order valence-corrected chi connectivity index (χ3v) is 6.38. The molecule has 0 spiro atoms. The van der Waals surface area contributed by atoms with E-state index < -0.39 is 34.0 Å². The minimum absolute atomic E-state index is 0.0545. The first-order valence-corrected chi connectivity index (χ1v) is 11.7. The molecule has 3 aromatic carbocycles. The van der Waals surface area contributed by atoms with E-state index in [0.29, 0.717) is 0 Å². The summed E-state index contributed by atoms with van der Waals surface area (Å²) in [6.45, 7) is 0. The number of anilines is 2. The molecule has 12 heteroatoms.